The van der Waals surface area contributed by atoms with Gasteiger partial charge < -0.3 is 20.5 Å². The third kappa shape index (κ3) is 2.86. The van der Waals surface area contributed by atoms with Gasteiger partial charge in [-0.25, -0.2) is 4.79 Å². The fourth-order valence-electron chi connectivity index (χ4n) is 2.94. The summed E-state index contributed by atoms with van der Waals surface area (Å²) in [6.07, 6.45) is 3.58. The van der Waals surface area contributed by atoms with Crippen LogP contribution in [0.3, 0.4) is 0 Å². The zero-order valence-electron chi connectivity index (χ0n) is 12.0. The lowest BCUT2D eigenvalue weighted by molar-refractivity contribution is 0.0698. The Morgan fingerprint density at radius 2 is 2.05 bits per heavy atom. The van der Waals surface area contributed by atoms with Crippen LogP contribution in [-0.2, 0) is 0 Å². The van der Waals surface area contributed by atoms with Crippen molar-refractivity contribution in [2.45, 2.75) is 31.7 Å². The van der Waals surface area contributed by atoms with E-state index in [1.165, 1.54) is 11.3 Å². The molecule has 1 amide bonds. The van der Waals surface area contributed by atoms with E-state index in [1.54, 1.807) is 11.4 Å². The van der Waals surface area contributed by atoms with Crippen LogP contribution in [0.25, 0.3) is 10.2 Å². The molecule has 3 rings (SSSR count). The van der Waals surface area contributed by atoms with Gasteiger partial charge in [-0.05, 0) is 37.7 Å². The van der Waals surface area contributed by atoms with Gasteiger partial charge in [0, 0.05) is 18.0 Å². The second-order valence-corrected chi connectivity index (χ2v) is 6.66. The first kappa shape index (κ1) is 15.1. The average molecular weight is 322 g/mol. The number of H-pyrrole nitrogens is 1. The quantitative estimate of drug-likeness (QED) is 0.693. The van der Waals surface area contributed by atoms with Gasteiger partial charge in [-0.1, -0.05) is 0 Å². The summed E-state index contributed by atoms with van der Waals surface area (Å²) in [5.41, 5.74) is 1.10. The zero-order chi connectivity index (χ0) is 15.7. The number of carboxylic acid groups (broad SMARTS) is 1. The zero-order valence-corrected chi connectivity index (χ0v) is 12.8. The number of carbonyl (C=O) groups is 2. The number of thiophene rings is 1. The molecule has 0 aromatic carbocycles. The summed E-state index contributed by atoms with van der Waals surface area (Å²) in [4.78, 5) is 26.3. The second-order valence-electron chi connectivity index (χ2n) is 5.75. The molecule has 118 valence electrons. The van der Waals surface area contributed by atoms with Crippen LogP contribution in [0.15, 0.2) is 11.4 Å². The number of hydrogen-bond acceptors (Lipinski definition) is 4. The predicted octanol–water partition coefficient (Wildman–Crippen LogP) is 2.21. The largest absolute Gasteiger partial charge is 0.478 e. The molecule has 4 N–H and O–H groups in total. The summed E-state index contributed by atoms with van der Waals surface area (Å²) < 4.78 is 0.770. The summed E-state index contributed by atoms with van der Waals surface area (Å²) in [6.45, 7) is 0.214. The van der Waals surface area contributed by atoms with Gasteiger partial charge in [0.2, 0.25) is 0 Å². The number of carboxylic acids is 1. The molecule has 6 nitrogen and oxygen atoms in total. The molecule has 7 heteroatoms. The Bertz CT molecular complexity index is 698. The van der Waals surface area contributed by atoms with Gasteiger partial charge in [0.25, 0.3) is 5.91 Å². The third-order valence-electron chi connectivity index (χ3n) is 4.27. The Morgan fingerprint density at radius 1 is 1.32 bits per heavy atom. The van der Waals surface area contributed by atoms with Crippen LogP contribution in [0.5, 0.6) is 0 Å². The number of aromatic carboxylic acids is 1. The lowest BCUT2D eigenvalue weighted by Crippen LogP contribution is -2.38. The van der Waals surface area contributed by atoms with Gasteiger partial charge in [0.15, 0.2) is 0 Å². The second kappa shape index (κ2) is 6.10. The molecule has 2 heterocycles. The van der Waals surface area contributed by atoms with Crippen LogP contribution in [0.1, 0.15) is 46.5 Å². The molecule has 0 saturated heterocycles. The van der Waals surface area contributed by atoms with Gasteiger partial charge in [-0.3, -0.25) is 4.79 Å². The minimum absolute atomic E-state index is 0.121. The SMILES string of the molecule is O=C(NC1CCC(CO)CC1)c1cc2scc(C(=O)O)c2[nH]1. The molecular formula is C15H18N2O4S. The van der Waals surface area contributed by atoms with Crippen molar-refractivity contribution >= 4 is 33.4 Å². The monoisotopic (exact) mass is 322 g/mol. The number of hydrogen-bond donors (Lipinski definition) is 4. The first-order valence-corrected chi connectivity index (χ1v) is 8.21. The lowest BCUT2D eigenvalue weighted by atomic mass is 9.86. The highest BCUT2D eigenvalue weighted by Crippen LogP contribution is 2.27. The van der Waals surface area contributed by atoms with Crippen molar-refractivity contribution in [1.82, 2.24) is 10.3 Å². The number of aromatic amines is 1. The maximum Gasteiger partial charge on any atom is 0.338 e. The van der Waals surface area contributed by atoms with E-state index in [0.29, 0.717) is 17.1 Å². The molecule has 2 aromatic heterocycles. The van der Waals surface area contributed by atoms with Crippen molar-refractivity contribution < 1.29 is 19.8 Å². The Kier molecular flexibility index (Phi) is 4.17. The molecule has 1 aliphatic carbocycles. The molecule has 0 bridgehead atoms. The van der Waals surface area contributed by atoms with Crippen LogP contribution in [0, 0.1) is 5.92 Å². The summed E-state index contributed by atoms with van der Waals surface area (Å²) in [6, 6.07) is 1.82. The maximum atomic E-state index is 12.3. The predicted molar refractivity (Wildman–Crippen MR) is 83.4 cm³/mol. The highest BCUT2D eigenvalue weighted by atomic mass is 32.1. The number of aliphatic hydroxyl groups excluding tert-OH is 1. The molecule has 1 saturated carbocycles. The van der Waals surface area contributed by atoms with E-state index in [4.69, 9.17) is 10.2 Å². The van der Waals surface area contributed by atoms with Crippen LogP contribution in [0.4, 0.5) is 0 Å². The van der Waals surface area contributed by atoms with Gasteiger partial charge in [0.05, 0.1) is 15.8 Å². The maximum absolute atomic E-state index is 12.3. The highest BCUT2D eigenvalue weighted by molar-refractivity contribution is 7.17. The molecule has 0 aliphatic heterocycles. The minimum atomic E-state index is -0.998. The highest BCUT2D eigenvalue weighted by Gasteiger charge is 2.23. The van der Waals surface area contributed by atoms with Gasteiger partial charge in [0.1, 0.15) is 5.69 Å². The van der Waals surface area contributed by atoms with E-state index in [1.807, 2.05) is 0 Å². The fourth-order valence-corrected chi connectivity index (χ4v) is 3.87. The first-order chi connectivity index (χ1) is 10.6. The smallest absolute Gasteiger partial charge is 0.338 e. The number of fused-ring (bicyclic) bond motifs is 1. The normalized spacial score (nSPS) is 21.9. The summed E-state index contributed by atoms with van der Waals surface area (Å²) in [5, 5.41) is 22.8. The molecular weight excluding hydrogens is 304 g/mol. The Hall–Kier alpha value is -1.86. The molecule has 0 radical (unpaired) electrons. The summed E-state index contributed by atoms with van der Waals surface area (Å²) >= 11 is 1.31. The molecule has 0 unspecified atom stereocenters. The number of amides is 1. The molecule has 0 spiro atoms. The standard InChI is InChI=1S/C15H18N2O4S/c18-6-8-1-3-9(4-2-8)16-14(19)11-5-12-13(17-11)10(7-22-12)15(20)21/h5,7-9,17-18H,1-4,6H2,(H,16,19)(H,20,21). The van der Waals surface area contributed by atoms with Crippen molar-refractivity contribution in [2.24, 2.45) is 5.92 Å². The lowest BCUT2D eigenvalue weighted by Gasteiger charge is -2.27. The fraction of sp³-hybridized carbons (Fsp3) is 0.467. The van der Waals surface area contributed by atoms with Crippen LogP contribution in [0.2, 0.25) is 0 Å². The van der Waals surface area contributed by atoms with Crippen molar-refractivity contribution in [3.8, 4) is 0 Å². The van der Waals surface area contributed by atoms with Crippen molar-refractivity contribution in [1.29, 1.82) is 0 Å². The average Bonchev–Trinajstić information content (AvgIpc) is 3.07. The van der Waals surface area contributed by atoms with E-state index in [0.717, 1.165) is 30.4 Å². The Morgan fingerprint density at radius 3 is 2.68 bits per heavy atom. The molecule has 2 aromatic rings. The summed E-state index contributed by atoms with van der Waals surface area (Å²) in [5.74, 6) is -0.850. The molecule has 0 atom stereocenters. The van der Waals surface area contributed by atoms with Gasteiger partial charge in [-0.2, -0.15) is 0 Å². The van der Waals surface area contributed by atoms with Crippen LogP contribution >= 0.6 is 11.3 Å². The molecule has 22 heavy (non-hydrogen) atoms. The number of nitrogens with one attached hydrogen (secondary N) is 2. The van der Waals surface area contributed by atoms with E-state index in [-0.39, 0.29) is 24.1 Å². The number of aliphatic hydroxyl groups is 1. The molecule has 1 fully saturated rings. The van der Waals surface area contributed by atoms with E-state index in [9.17, 15) is 9.59 Å². The van der Waals surface area contributed by atoms with E-state index in [2.05, 4.69) is 10.3 Å². The van der Waals surface area contributed by atoms with Crippen LogP contribution < -0.4 is 5.32 Å². The number of rotatable bonds is 4. The van der Waals surface area contributed by atoms with E-state index < -0.39 is 5.97 Å². The molecule has 1 aliphatic rings. The summed E-state index contributed by atoms with van der Waals surface area (Å²) in [7, 11) is 0. The number of aromatic nitrogens is 1. The van der Waals surface area contributed by atoms with Crippen molar-refractivity contribution in [3.63, 3.8) is 0 Å². The Balaban J connectivity index is 1.69. The van der Waals surface area contributed by atoms with Gasteiger partial charge in [-0.15, -0.1) is 11.3 Å². The number of carbonyl (C=O) groups excluding carboxylic acids is 1. The van der Waals surface area contributed by atoms with Crippen molar-refractivity contribution in [3.05, 3.63) is 22.7 Å². The van der Waals surface area contributed by atoms with Crippen molar-refractivity contribution in [2.75, 3.05) is 6.61 Å². The minimum Gasteiger partial charge on any atom is -0.478 e. The first-order valence-electron chi connectivity index (χ1n) is 7.33. The Labute approximate surface area is 131 Å². The third-order valence-corrected chi connectivity index (χ3v) is 5.20. The van der Waals surface area contributed by atoms with Crippen LogP contribution in [-0.4, -0.2) is 39.7 Å². The van der Waals surface area contributed by atoms with E-state index >= 15 is 0 Å². The van der Waals surface area contributed by atoms with Gasteiger partial charge >= 0.3 is 5.97 Å². The topological polar surface area (TPSA) is 102 Å².